The fourth-order valence-corrected chi connectivity index (χ4v) is 4.54. The third-order valence-corrected chi connectivity index (χ3v) is 6.26. The maximum absolute atomic E-state index is 12.0. The molecule has 1 aliphatic heterocycles. The zero-order chi connectivity index (χ0) is 22.6. The summed E-state index contributed by atoms with van der Waals surface area (Å²) in [7, 11) is 1.54. The molecular formula is C22H22N8O2S. The first-order valence-electron chi connectivity index (χ1n) is 10.5. The molecule has 0 saturated carbocycles. The number of nitrogens with one attached hydrogen (secondary N) is 1. The van der Waals surface area contributed by atoms with Gasteiger partial charge in [-0.2, -0.15) is 10.2 Å². The van der Waals surface area contributed by atoms with Crippen LogP contribution in [0.25, 0.3) is 21.6 Å². The molecule has 1 aliphatic rings. The second kappa shape index (κ2) is 9.43. The topological polar surface area (TPSA) is 109 Å². The summed E-state index contributed by atoms with van der Waals surface area (Å²) in [5.41, 5.74) is 3.61. The van der Waals surface area contributed by atoms with E-state index >= 15 is 0 Å². The maximum atomic E-state index is 12.0. The van der Waals surface area contributed by atoms with E-state index in [1.54, 1.807) is 25.7 Å². The lowest BCUT2D eigenvalue weighted by Gasteiger charge is -2.36. The van der Waals surface area contributed by atoms with E-state index in [1.165, 1.54) is 11.3 Å². The van der Waals surface area contributed by atoms with E-state index in [-0.39, 0.29) is 12.5 Å². The molecule has 0 radical (unpaired) electrons. The monoisotopic (exact) mass is 462 g/mol. The van der Waals surface area contributed by atoms with Crippen LogP contribution in [0.4, 0.5) is 16.6 Å². The SMILES string of the molecule is COCC(=O)N1CCN(c2ccnc(Nc3nc4ccc(-c5ccnnc5)nc4s3)c2)CC1. The summed E-state index contributed by atoms with van der Waals surface area (Å²) < 4.78 is 4.96. The second-order valence-electron chi connectivity index (χ2n) is 7.50. The number of amides is 1. The summed E-state index contributed by atoms with van der Waals surface area (Å²) in [6.07, 6.45) is 5.12. The zero-order valence-corrected chi connectivity index (χ0v) is 18.8. The molecular weight excluding hydrogens is 440 g/mol. The highest BCUT2D eigenvalue weighted by Crippen LogP contribution is 2.29. The summed E-state index contributed by atoms with van der Waals surface area (Å²) in [6.45, 7) is 2.99. The first-order chi connectivity index (χ1) is 16.2. The summed E-state index contributed by atoms with van der Waals surface area (Å²) in [6, 6.07) is 9.74. The average molecular weight is 463 g/mol. The van der Waals surface area contributed by atoms with E-state index in [0.717, 1.165) is 45.5 Å². The number of nitrogens with zero attached hydrogens (tertiary/aromatic N) is 7. The van der Waals surface area contributed by atoms with Crippen LogP contribution in [0.1, 0.15) is 0 Å². The van der Waals surface area contributed by atoms with Crippen LogP contribution in [0.2, 0.25) is 0 Å². The van der Waals surface area contributed by atoms with Crippen LogP contribution in [0.15, 0.2) is 48.9 Å². The lowest BCUT2D eigenvalue weighted by molar-refractivity contribution is -0.135. The minimum Gasteiger partial charge on any atom is -0.375 e. The number of hydrogen-bond acceptors (Lipinski definition) is 10. The van der Waals surface area contributed by atoms with Crippen molar-refractivity contribution in [2.75, 3.05) is 50.1 Å². The van der Waals surface area contributed by atoms with Gasteiger partial charge in [-0.1, -0.05) is 11.3 Å². The van der Waals surface area contributed by atoms with Crippen molar-refractivity contribution < 1.29 is 9.53 Å². The molecule has 1 fully saturated rings. The maximum Gasteiger partial charge on any atom is 0.248 e. The first-order valence-corrected chi connectivity index (χ1v) is 11.3. The van der Waals surface area contributed by atoms with Crippen LogP contribution in [0, 0.1) is 0 Å². The number of pyridine rings is 2. The second-order valence-corrected chi connectivity index (χ2v) is 8.47. The lowest BCUT2D eigenvalue weighted by atomic mass is 10.2. The predicted octanol–water partition coefficient (Wildman–Crippen LogP) is 2.58. The van der Waals surface area contributed by atoms with Gasteiger partial charge < -0.3 is 19.9 Å². The van der Waals surface area contributed by atoms with E-state index in [4.69, 9.17) is 9.72 Å². The molecule has 11 heteroatoms. The molecule has 10 nitrogen and oxygen atoms in total. The molecule has 0 spiro atoms. The minimum atomic E-state index is 0.0297. The van der Waals surface area contributed by atoms with Crippen LogP contribution in [-0.2, 0) is 9.53 Å². The molecule has 1 N–H and O–H groups in total. The molecule has 4 aromatic rings. The van der Waals surface area contributed by atoms with Crippen molar-refractivity contribution in [1.82, 2.24) is 30.0 Å². The van der Waals surface area contributed by atoms with Gasteiger partial charge in [0.05, 0.1) is 18.1 Å². The fraction of sp³-hybridized carbons (Fsp3) is 0.273. The number of rotatable bonds is 6. The Morgan fingerprint density at radius 1 is 1.09 bits per heavy atom. The molecule has 168 valence electrons. The van der Waals surface area contributed by atoms with Gasteiger partial charge in [0.15, 0.2) is 5.13 Å². The third kappa shape index (κ3) is 4.73. The molecule has 4 aromatic heterocycles. The Kier molecular flexibility index (Phi) is 6.05. The Morgan fingerprint density at radius 3 is 2.76 bits per heavy atom. The number of piperazine rings is 1. The zero-order valence-electron chi connectivity index (χ0n) is 18.0. The van der Waals surface area contributed by atoms with Crippen LogP contribution < -0.4 is 10.2 Å². The van der Waals surface area contributed by atoms with E-state index in [1.807, 2.05) is 35.2 Å². The van der Waals surface area contributed by atoms with Gasteiger partial charge in [-0.3, -0.25) is 4.79 Å². The Labute approximate surface area is 194 Å². The molecule has 0 atom stereocenters. The summed E-state index contributed by atoms with van der Waals surface area (Å²) in [4.78, 5) is 30.7. The summed E-state index contributed by atoms with van der Waals surface area (Å²) in [5, 5.41) is 11.8. The number of carbonyl (C=O) groups is 1. The standard InChI is InChI=1S/C22H22N8O2S/c1-32-14-20(31)30-10-8-29(9-11-30)16-5-6-23-19(12-16)28-22-27-18-3-2-17(26-21(18)33-22)15-4-7-24-25-13-15/h2-7,12-13H,8-11,14H2,1H3,(H,23,27,28). The van der Waals surface area contributed by atoms with Gasteiger partial charge in [0, 0.05) is 56.8 Å². The van der Waals surface area contributed by atoms with E-state index in [9.17, 15) is 4.79 Å². The quantitative estimate of drug-likeness (QED) is 0.462. The van der Waals surface area contributed by atoms with Gasteiger partial charge in [0.1, 0.15) is 22.8 Å². The van der Waals surface area contributed by atoms with Crippen molar-refractivity contribution in [3.8, 4) is 11.3 Å². The number of thiazole rings is 1. The number of anilines is 3. The molecule has 0 bridgehead atoms. The van der Waals surface area contributed by atoms with Crippen molar-refractivity contribution in [3.63, 3.8) is 0 Å². The van der Waals surface area contributed by atoms with E-state index in [2.05, 4.69) is 30.4 Å². The van der Waals surface area contributed by atoms with Crippen molar-refractivity contribution in [2.45, 2.75) is 0 Å². The van der Waals surface area contributed by atoms with Crippen LogP contribution in [-0.4, -0.2) is 75.9 Å². The Balaban J connectivity index is 1.28. The minimum absolute atomic E-state index is 0.0297. The van der Waals surface area contributed by atoms with E-state index in [0.29, 0.717) is 18.9 Å². The predicted molar refractivity (Wildman–Crippen MR) is 127 cm³/mol. The Bertz CT molecular complexity index is 1260. The number of aromatic nitrogens is 5. The van der Waals surface area contributed by atoms with Gasteiger partial charge >= 0.3 is 0 Å². The number of methoxy groups -OCH3 is 1. The van der Waals surface area contributed by atoms with Crippen molar-refractivity contribution >= 4 is 44.2 Å². The highest BCUT2D eigenvalue weighted by molar-refractivity contribution is 7.21. The highest BCUT2D eigenvalue weighted by Gasteiger charge is 2.21. The molecule has 5 rings (SSSR count). The molecule has 1 saturated heterocycles. The summed E-state index contributed by atoms with van der Waals surface area (Å²) in [5.74, 6) is 0.741. The average Bonchev–Trinajstić information content (AvgIpc) is 3.26. The van der Waals surface area contributed by atoms with Gasteiger partial charge in [-0.15, -0.1) is 0 Å². The molecule has 0 aromatic carbocycles. The number of carbonyl (C=O) groups excluding carboxylic acids is 1. The van der Waals surface area contributed by atoms with Gasteiger partial charge in [0.2, 0.25) is 5.91 Å². The Hall–Kier alpha value is -3.70. The smallest absolute Gasteiger partial charge is 0.248 e. The van der Waals surface area contributed by atoms with Gasteiger partial charge in [-0.05, 0) is 24.3 Å². The van der Waals surface area contributed by atoms with Crippen LogP contribution >= 0.6 is 11.3 Å². The lowest BCUT2D eigenvalue weighted by Crippen LogP contribution is -2.49. The van der Waals surface area contributed by atoms with Crippen LogP contribution in [0.3, 0.4) is 0 Å². The molecule has 0 unspecified atom stereocenters. The number of fused-ring (bicyclic) bond motifs is 1. The van der Waals surface area contributed by atoms with E-state index < -0.39 is 0 Å². The fourth-order valence-electron chi connectivity index (χ4n) is 3.70. The largest absolute Gasteiger partial charge is 0.375 e. The number of hydrogen-bond donors (Lipinski definition) is 1. The normalized spacial score (nSPS) is 14.0. The van der Waals surface area contributed by atoms with Crippen molar-refractivity contribution in [1.29, 1.82) is 0 Å². The highest BCUT2D eigenvalue weighted by atomic mass is 32.1. The molecule has 33 heavy (non-hydrogen) atoms. The molecule has 5 heterocycles. The van der Waals surface area contributed by atoms with Crippen molar-refractivity contribution in [2.24, 2.45) is 0 Å². The Morgan fingerprint density at radius 2 is 1.97 bits per heavy atom. The van der Waals surface area contributed by atoms with Crippen molar-refractivity contribution in [3.05, 3.63) is 48.9 Å². The summed E-state index contributed by atoms with van der Waals surface area (Å²) >= 11 is 1.47. The van der Waals surface area contributed by atoms with Crippen LogP contribution in [0.5, 0.6) is 0 Å². The third-order valence-electron chi connectivity index (χ3n) is 5.38. The van der Waals surface area contributed by atoms with Gasteiger partial charge in [-0.25, -0.2) is 15.0 Å². The van der Waals surface area contributed by atoms with Gasteiger partial charge in [0.25, 0.3) is 0 Å². The molecule has 1 amide bonds. The first kappa shape index (κ1) is 21.2. The molecule has 0 aliphatic carbocycles. The number of ether oxygens (including phenoxy) is 1.